The molecule has 0 saturated carbocycles. The number of aliphatic carboxylic acids is 1. The van der Waals surface area contributed by atoms with Gasteiger partial charge in [-0.15, -0.1) is 11.8 Å². The molecular formula is C23H29F2N3O4S. The number of rotatable bonds is 10. The fourth-order valence-electron chi connectivity index (χ4n) is 2.98. The Bertz CT molecular complexity index is 1000. The van der Waals surface area contributed by atoms with Crippen LogP contribution in [0.5, 0.6) is 0 Å². The number of amides is 2. The predicted molar refractivity (Wildman–Crippen MR) is 127 cm³/mol. The van der Waals surface area contributed by atoms with Crippen molar-refractivity contribution in [2.45, 2.75) is 43.4 Å². The maximum Gasteiger partial charge on any atom is 0.323 e. The first-order valence-electron chi connectivity index (χ1n) is 10.3. The number of anilines is 3. The molecule has 3 N–H and O–H groups in total. The molecule has 0 atom stereocenters. The number of hydrogen-bond acceptors (Lipinski definition) is 5. The zero-order valence-electron chi connectivity index (χ0n) is 19.2. The second kappa shape index (κ2) is 11.3. The Morgan fingerprint density at radius 2 is 1.79 bits per heavy atom. The first-order chi connectivity index (χ1) is 15.4. The molecule has 2 amide bonds. The number of carbonyl (C=O) groups excluding carboxylic acids is 1. The van der Waals surface area contributed by atoms with Crippen molar-refractivity contribution in [1.29, 1.82) is 0 Å². The molecule has 0 aliphatic heterocycles. The average molecular weight is 482 g/mol. The highest BCUT2D eigenvalue weighted by Crippen LogP contribution is 2.38. The van der Waals surface area contributed by atoms with Gasteiger partial charge in [-0.3, -0.25) is 4.79 Å². The molecule has 0 spiro atoms. The van der Waals surface area contributed by atoms with Gasteiger partial charge in [-0.25, -0.2) is 13.6 Å². The molecule has 0 fully saturated rings. The van der Waals surface area contributed by atoms with Gasteiger partial charge in [0.25, 0.3) is 0 Å². The summed E-state index contributed by atoms with van der Waals surface area (Å²) in [5.41, 5.74) is 0.924. The number of nitrogens with one attached hydrogen (secondary N) is 2. The van der Waals surface area contributed by atoms with Crippen molar-refractivity contribution in [3.8, 4) is 0 Å². The Morgan fingerprint density at radius 1 is 1.12 bits per heavy atom. The van der Waals surface area contributed by atoms with Crippen molar-refractivity contribution in [1.82, 2.24) is 0 Å². The standard InChI is InChI=1S/C23H29F2N3O4S/c1-14(2)28(10-11-32-5)20-9-7-16(33-23(3,4)21(29)30)13-19(20)27-22(31)26-18-8-6-15(24)12-17(18)25/h6-9,12-14H,10-11H2,1-5H3,(H,29,30)(H2,26,27,31). The van der Waals surface area contributed by atoms with Crippen LogP contribution in [0, 0.1) is 11.6 Å². The number of hydrogen-bond donors (Lipinski definition) is 3. The summed E-state index contributed by atoms with van der Waals surface area (Å²) in [5.74, 6) is -2.63. The van der Waals surface area contributed by atoms with Crippen LogP contribution in [0.25, 0.3) is 0 Å². The number of nitrogens with zero attached hydrogens (tertiary/aromatic N) is 1. The first-order valence-corrected chi connectivity index (χ1v) is 11.1. The minimum atomic E-state index is -1.09. The lowest BCUT2D eigenvalue weighted by Crippen LogP contribution is -2.35. The lowest BCUT2D eigenvalue weighted by Gasteiger charge is -2.31. The normalized spacial score (nSPS) is 11.4. The lowest BCUT2D eigenvalue weighted by atomic mass is 10.2. The van der Waals surface area contributed by atoms with Crippen LogP contribution in [-0.4, -0.2) is 48.2 Å². The summed E-state index contributed by atoms with van der Waals surface area (Å²) in [4.78, 5) is 26.9. The van der Waals surface area contributed by atoms with Gasteiger partial charge in [0.1, 0.15) is 16.4 Å². The Morgan fingerprint density at radius 3 is 2.36 bits per heavy atom. The summed E-state index contributed by atoms with van der Waals surface area (Å²) in [5, 5.41) is 14.5. The topological polar surface area (TPSA) is 90.9 Å². The Labute approximate surface area is 196 Å². The fraction of sp³-hybridized carbons (Fsp3) is 0.391. The maximum absolute atomic E-state index is 14.0. The van der Waals surface area contributed by atoms with Gasteiger partial charge in [0.2, 0.25) is 0 Å². The zero-order valence-corrected chi connectivity index (χ0v) is 20.1. The minimum Gasteiger partial charge on any atom is -0.480 e. The van der Waals surface area contributed by atoms with Crippen molar-refractivity contribution >= 4 is 40.8 Å². The van der Waals surface area contributed by atoms with Crippen LogP contribution >= 0.6 is 11.8 Å². The highest BCUT2D eigenvalue weighted by atomic mass is 32.2. The van der Waals surface area contributed by atoms with Crippen LogP contribution in [0.3, 0.4) is 0 Å². The maximum atomic E-state index is 14.0. The van der Waals surface area contributed by atoms with Crippen LogP contribution in [-0.2, 0) is 9.53 Å². The molecule has 0 aromatic heterocycles. The molecule has 0 aliphatic carbocycles. The Kier molecular flexibility index (Phi) is 9.07. The van der Waals surface area contributed by atoms with Crippen LogP contribution < -0.4 is 15.5 Å². The average Bonchev–Trinajstić information content (AvgIpc) is 2.71. The molecule has 10 heteroatoms. The molecule has 7 nitrogen and oxygen atoms in total. The number of thioether (sulfide) groups is 1. The SMILES string of the molecule is COCCN(c1ccc(SC(C)(C)C(=O)O)cc1NC(=O)Nc1ccc(F)cc1F)C(C)C. The second-order valence-corrected chi connectivity index (χ2v) is 9.78. The van der Waals surface area contributed by atoms with Crippen molar-refractivity contribution in [2.75, 3.05) is 35.8 Å². The van der Waals surface area contributed by atoms with Crippen LogP contribution in [0.2, 0.25) is 0 Å². The number of carbonyl (C=O) groups is 2. The third-order valence-corrected chi connectivity index (χ3v) is 5.93. The summed E-state index contributed by atoms with van der Waals surface area (Å²) >= 11 is 1.13. The lowest BCUT2D eigenvalue weighted by molar-refractivity contribution is -0.138. The van der Waals surface area contributed by atoms with E-state index >= 15 is 0 Å². The van der Waals surface area contributed by atoms with E-state index < -0.39 is 28.4 Å². The van der Waals surface area contributed by atoms with Crippen LogP contribution in [0.4, 0.5) is 30.6 Å². The van der Waals surface area contributed by atoms with Crippen molar-refractivity contribution < 1.29 is 28.2 Å². The molecule has 33 heavy (non-hydrogen) atoms. The first kappa shape index (κ1) is 26.4. The minimum absolute atomic E-state index is 0.0623. The molecule has 180 valence electrons. The highest BCUT2D eigenvalue weighted by Gasteiger charge is 2.29. The van der Waals surface area contributed by atoms with E-state index in [0.717, 1.165) is 23.9 Å². The van der Waals surface area contributed by atoms with Gasteiger partial charge >= 0.3 is 12.0 Å². The second-order valence-electron chi connectivity index (χ2n) is 8.08. The monoisotopic (exact) mass is 481 g/mol. The summed E-state index contributed by atoms with van der Waals surface area (Å²) in [6.45, 7) is 8.15. The van der Waals surface area contributed by atoms with E-state index in [-0.39, 0.29) is 11.7 Å². The van der Waals surface area contributed by atoms with Crippen molar-refractivity contribution in [2.24, 2.45) is 0 Å². The summed E-state index contributed by atoms with van der Waals surface area (Å²) in [7, 11) is 1.59. The van der Waals surface area contributed by atoms with Crippen LogP contribution in [0.15, 0.2) is 41.3 Å². The third-order valence-electron chi connectivity index (χ3n) is 4.75. The predicted octanol–water partition coefficient (Wildman–Crippen LogP) is 5.43. The van der Waals surface area contributed by atoms with Gasteiger partial charge in [0.15, 0.2) is 0 Å². The number of carboxylic acid groups (broad SMARTS) is 1. The van der Waals surface area contributed by atoms with E-state index in [1.165, 1.54) is 0 Å². The zero-order chi connectivity index (χ0) is 24.8. The van der Waals surface area contributed by atoms with Gasteiger partial charge in [-0.05, 0) is 58.0 Å². The van der Waals surface area contributed by atoms with Crippen molar-refractivity contribution in [3.05, 3.63) is 48.0 Å². The quantitative estimate of drug-likeness (QED) is 0.392. The molecule has 2 rings (SSSR count). The van der Waals surface area contributed by atoms with E-state index in [1.807, 2.05) is 18.7 Å². The number of urea groups is 1. The third kappa shape index (κ3) is 7.33. The Hall–Kier alpha value is -2.85. The fourth-order valence-corrected chi connectivity index (χ4v) is 3.97. The van der Waals surface area contributed by atoms with Crippen molar-refractivity contribution in [3.63, 3.8) is 0 Å². The summed E-state index contributed by atoms with van der Waals surface area (Å²) in [6, 6.07) is 7.45. The smallest absolute Gasteiger partial charge is 0.323 e. The number of ether oxygens (including phenoxy) is 1. The molecule has 0 bridgehead atoms. The van der Waals surface area contributed by atoms with Gasteiger partial charge in [0, 0.05) is 30.7 Å². The largest absolute Gasteiger partial charge is 0.480 e. The number of benzene rings is 2. The molecule has 0 radical (unpaired) electrons. The van der Waals surface area contributed by atoms with E-state index in [4.69, 9.17) is 4.74 Å². The molecule has 2 aromatic rings. The highest BCUT2D eigenvalue weighted by molar-refractivity contribution is 8.01. The molecular weight excluding hydrogens is 452 g/mol. The van der Waals surface area contributed by atoms with Gasteiger partial charge in [0.05, 0.1) is 23.7 Å². The van der Waals surface area contributed by atoms with E-state index in [1.54, 1.807) is 39.2 Å². The summed E-state index contributed by atoms with van der Waals surface area (Å²) < 4.78 is 31.2. The molecule has 2 aromatic carbocycles. The van der Waals surface area contributed by atoms with Crippen LogP contribution in [0.1, 0.15) is 27.7 Å². The van der Waals surface area contributed by atoms with E-state index in [0.29, 0.717) is 35.5 Å². The molecule has 0 aliphatic rings. The number of halogens is 2. The van der Waals surface area contributed by atoms with Gasteiger partial charge < -0.3 is 25.4 Å². The van der Waals surface area contributed by atoms with E-state index in [2.05, 4.69) is 10.6 Å². The van der Waals surface area contributed by atoms with Gasteiger partial charge in [-0.2, -0.15) is 0 Å². The summed E-state index contributed by atoms with van der Waals surface area (Å²) in [6.07, 6.45) is 0. The molecule has 0 saturated heterocycles. The Balaban J connectivity index is 2.39. The molecule has 0 unspecified atom stereocenters. The van der Waals surface area contributed by atoms with Gasteiger partial charge in [-0.1, -0.05) is 0 Å². The number of carboxylic acids is 1. The molecule has 0 heterocycles. The van der Waals surface area contributed by atoms with E-state index in [9.17, 15) is 23.5 Å². The number of methoxy groups -OCH3 is 1.